The summed E-state index contributed by atoms with van der Waals surface area (Å²) in [6.45, 7) is 0. The molecular formula is C53H35N5. The van der Waals surface area contributed by atoms with E-state index in [4.69, 9.17) is 24.9 Å². The molecule has 0 saturated heterocycles. The van der Waals surface area contributed by atoms with E-state index in [1.807, 2.05) is 97.1 Å². The molecular weight excluding hydrogens is 707 g/mol. The Hall–Kier alpha value is -7.89. The monoisotopic (exact) mass is 741 g/mol. The van der Waals surface area contributed by atoms with E-state index in [0.29, 0.717) is 23.3 Å². The molecule has 58 heavy (non-hydrogen) atoms. The molecule has 0 spiro atoms. The topological polar surface area (TPSA) is 64.5 Å². The van der Waals surface area contributed by atoms with Gasteiger partial charge in [0.25, 0.3) is 0 Å². The van der Waals surface area contributed by atoms with Gasteiger partial charge in [-0.3, -0.25) is 0 Å². The summed E-state index contributed by atoms with van der Waals surface area (Å²) in [5.74, 6) is 2.59. The van der Waals surface area contributed by atoms with Gasteiger partial charge < -0.3 is 0 Å². The highest BCUT2D eigenvalue weighted by Gasteiger charge is 2.16. The van der Waals surface area contributed by atoms with Gasteiger partial charge in [0.1, 0.15) is 0 Å². The molecule has 0 fully saturated rings. The number of benzene rings is 8. The fourth-order valence-electron chi connectivity index (χ4n) is 7.44. The minimum Gasteiger partial charge on any atom is -0.228 e. The average molecular weight is 742 g/mol. The minimum absolute atomic E-state index is 0.627. The third kappa shape index (κ3) is 6.93. The van der Waals surface area contributed by atoms with Crippen LogP contribution < -0.4 is 0 Å². The summed E-state index contributed by atoms with van der Waals surface area (Å²) < 4.78 is 0. The summed E-state index contributed by atoms with van der Waals surface area (Å²) in [6.07, 6.45) is 0. The summed E-state index contributed by atoms with van der Waals surface area (Å²) in [7, 11) is 0. The van der Waals surface area contributed by atoms with Gasteiger partial charge in [-0.25, -0.2) is 24.9 Å². The molecule has 5 heteroatoms. The molecule has 0 aliphatic carbocycles. The zero-order valence-corrected chi connectivity index (χ0v) is 31.4. The van der Waals surface area contributed by atoms with E-state index >= 15 is 0 Å². The van der Waals surface area contributed by atoms with Crippen LogP contribution in [0.3, 0.4) is 0 Å². The predicted molar refractivity (Wildman–Crippen MR) is 236 cm³/mol. The highest BCUT2D eigenvalue weighted by Crippen LogP contribution is 2.40. The van der Waals surface area contributed by atoms with Crippen LogP contribution in [0.15, 0.2) is 212 Å². The second kappa shape index (κ2) is 15.3. The zero-order chi connectivity index (χ0) is 38.7. The van der Waals surface area contributed by atoms with Crippen molar-refractivity contribution in [3.8, 4) is 90.3 Å². The first kappa shape index (κ1) is 34.6. The van der Waals surface area contributed by atoms with E-state index in [1.165, 1.54) is 10.8 Å². The molecule has 10 aromatic rings. The van der Waals surface area contributed by atoms with Crippen LogP contribution in [0.5, 0.6) is 0 Å². The van der Waals surface area contributed by atoms with Crippen molar-refractivity contribution in [3.05, 3.63) is 212 Å². The number of rotatable bonds is 8. The van der Waals surface area contributed by atoms with E-state index in [2.05, 4.69) is 115 Å². The Morgan fingerprint density at radius 2 is 0.603 bits per heavy atom. The van der Waals surface area contributed by atoms with Crippen LogP contribution >= 0.6 is 0 Å². The van der Waals surface area contributed by atoms with Crippen molar-refractivity contribution in [2.45, 2.75) is 0 Å². The lowest BCUT2D eigenvalue weighted by Gasteiger charge is -2.15. The molecule has 0 aliphatic heterocycles. The van der Waals surface area contributed by atoms with Crippen LogP contribution in [0.2, 0.25) is 0 Å². The van der Waals surface area contributed by atoms with Gasteiger partial charge in [-0.2, -0.15) is 0 Å². The number of fused-ring (bicyclic) bond motifs is 1. The van der Waals surface area contributed by atoms with Crippen molar-refractivity contribution in [2.24, 2.45) is 0 Å². The van der Waals surface area contributed by atoms with Crippen molar-refractivity contribution >= 4 is 10.8 Å². The Kier molecular flexibility index (Phi) is 9.14. The van der Waals surface area contributed by atoms with Crippen molar-refractivity contribution in [1.29, 1.82) is 0 Å². The number of hydrogen-bond acceptors (Lipinski definition) is 5. The second-order valence-electron chi connectivity index (χ2n) is 14.1. The van der Waals surface area contributed by atoms with Gasteiger partial charge >= 0.3 is 0 Å². The lowest BCUT2D eigenvalue weighted by molar-refractivity contribution is 1.07. The fourth-order valence-corrected chi connectivity index (χ4v) is 7.44. The van der Waals surface area contributed by atoms with E-state index in [9.17, 15) is 0 Å². The average Bonchev–Trinajstić information content (AvgIpc) is 3.32. The minimum atomic E-state index is 0.627. The van der Waals surface area contributed by atoms with Crippen LogP contribution in [0.25, 0.3) is 101 Å². The molecule has 0 amide bonds. The number of nitrogens with zero attached hydrogens (tertiary/aromatic N) is 5. The Bertz CT molecular complexity index is 2890. The molecule has 0 radical (unpaired) electrons. The predicted octanol–water partition coefficient (Wildman–Crippen LogP) is 13.2. The highest BCUT2D eigenvalue weighted by molar-refractivity contribution is 6.04. The van der Waals surface area contributed by atoms with Crippen molar-refractivity contribution in [1.82, 2.24) is 24.9 Å². The quantitative estimate of drug-likeness (QED) is 0.155. The van der Waals surface area contributed by atoms with E-state index in [1.54, 1.807) is 0 Å². The van der Waals surface area contributed by atoms with E-state index in [-0.39, 0.29) is 0 Å². The third-order valence-corrected chi connectivity index (χ3v) is 10.4. The molecule has 0 atom stereocenters. The van der Waals surface area contributed by atoms with Crippen LogP contribution in [-0.4, -0.2) is 24.9 Å². The smallest absolute Gasteiger partial charge is 0.164 e. The molecule has 10 rings (SSSR count). The Labute approximate surface area is 337 Å². The molecule has 0 bridgehead atoms. The van der Waals surface area contributed by atoms with Crippen molar-refractivity contribution < 1.29 is 0 Å². The fraction of sp³-hybridized carbons (Fsp3) is 0. The van der Waals surface area contributed by atoms with Gasteiger partial charge in [0.05, 0.1) is 11.4 Å². The molecule has 272 valence electrons. The molecule has 5 nitrogen and oxygen atoms in total. The van der Waals surface area contributed by atoms with Gasteiger partial charge in [0, 0.05) is 33.4 Å². The van der Waals surface area contributed by atoms with Crippen LogP contribution in [0.4, 0.5) is 0 Å². The van der Waals surface area contributed by atoms with Crippen LogP contribution in [-0.2, 0) is 0 Å². The molecule has 8 aromatic carbocycles. The maximum absolute atomic E-state index is 5.06. The van der Waals surface area contributed by atoms with Gasteiger partial charge in [0.2, 0.25) is 0 Å². The number of hydrogen-bond donors (Lipinski definition) is 0. The molecule has 2 heterocycles. The molecule has 0 saturated carbocycles. The van der Waals surface area contributed by atoms with Crippen molar-refractivity contribution in [3.63, 3.8) is 0 Å². The first-order chi connectivity index (χ1) is 28.7. The van der Waals surface area contributed by atoms with Gasteiger partial charge in [0.15, 0.2) is 23.3 Å². The second-order valence-corrected chi connectivity index (χ2v) is 14.1. The molecule has 0 aliphatic rings. The van der Waals surface area contributed by atoms with Gasteiger partial charge in [-0.15, -0.1) is 0 Å². The SMILES string of the molecule is c1ccc(-c2cc(-c3ccccc3)nc(-c3ccc(-c4ccc5ccccc5c4-c4ccc(-c5nc(-c6ccccc6)nc(-c6ccccc6)n5)cc4)cc3)n2)cc1. The molecule has 0 N–H and O–H groups in total. The summed E-state index contributed by atoms with van der Waals surface area (Å²) in [5.41, 5.74) is 12.1. The maximum Gasteiger partial charge on any atom is 0.164 e. The lowest BCUT2D eigenvalue weighted by atomic mass is 9.89. The summed E-state index contributed by atoms with van der Waals surface area (Å²) in [4.78, 5) is 24.9. The largest absolute Gasteiger partial charge is 0.228 e. The first-order valence-corrected chi connectivity index (χ1v) is 19.3. The molecule has 0 unspecified atom stereocenters. The normalized spacial score (nSPS) is 11.1. The Morgan fingerprint density at radius 3 is 1.09 bits per heavy atom. The Balaban J connectivity index is 1.04. The van der Waals surface area contributed by atoms with Gasteiger partial charge in [-0.05, 0) is 39.1 Å². The van der Waals surface area contributed by atoms with E-state index in [0.717, 1.165) is 67.0 Å². The summed E-state index contributed by atoms with van der Waals surface area (Å²) in [5, 5.41) is 2.36. The summed E-state index contributed by atoms with van der Waals surface area (Å²) >= 11 is 0. The molecule has 2 aromatic heterocycles. The zero-order valence-electron chi connectivity index (χ0n) is 31.4. The lowest BCUT2D eigenvalue weighted by Crippen LogP contribution is -2.00. The first-order valence-electron chi connectivity index (χ1n) is 19.3. The maximum atomic E-state index is 5.06. The van der Waals surface area contributed by atoms with E-state index < -0.39 is 0 Å². The van der Waals surface area contributed by atoms with Crippen LogP contribution in [0, 0.1) is 0 Å². The third-order valence-electron chi connectivity index (χ3n) is 10.4. The Morgan fingerprint density at radius 1 is 0.241 bits per heavy atom. The number of aromatic nitrogens is 5. The highest BCUT2D eigenvalue weighted by atomic mass is 15.0. The summed E-state index contributed by atoms with van der Waals surface area (Å²) in [6, 6.07) is 73.0. The standard InChI is InChI=1S/C53H35N5/c1-5-16-38(17-6-1)47-35-48(39-18-7-2-8-19-39)55-50(54-47)43-29-25-37(26-30-43)46-34-33-36-15-13-14-24-45(36)49(46)40-27-31-44(32-28-40)53-57-51(41-20-9-3-10-21-41)56-52(58-53)42-22-11-4-12-23-42/h1-35H. The van der Waals surface area contributed by atoms with Crippen molar-refractivity contribution in [2.75, 3.05) is 0 Å². The van der Waals surface area contributed by atoms with Gasteiger partial charge in [-0.1, -0.05) is 206 Å². The van der Waals surface area contributed by atoms with Crippen LogP contribution in [0.1, 0.15) is 0 Å².